The van der Waals surface area contributed by atoms with Gasteiger partial charge in [-0.05, 0) is 36.9 Å². The van der Waals surface area contributed by atoms with Gasteiger partial charge in [-0.15, -0.1) is 0 Å². The van der Waals surface area contributed by atoms with Crippen molar-refractivity contribution >= 4 is 34.2 Å². The topological polar surface area (TPSA) is 58.6 Å². The maximum absolute atomic E-state index is 13.1. The van der Waals surface area contributed by atoms with Crippen molar-refractivity contribution in [2.24, 2.45) is 0 Å². The van der Waals surface area contributed by atoms with Crippen LogP contribution in [0.4, 0.5) is 0 Å². The highest BCUT2D eigenvalue weighted by atomic mass is 35.5. The van der Waals surface area contributed by atoms with E-state index in [0.717, 1.165) is 16.3 Å². The number of rotatable bonds is 8. The van der Waals surface area contributed by atoms with Crippen LogP contribution in [0.1, 0.15) is 19.4 Å². The number of ether oxygens (including phenoxy) is 1. The minimum atomic E-state index is -0.662. The maximum Gasteiger partial charge on any atom is 0.261 e. The molecule has 1 atom stereocenters. The molecular formula is C24H25ClN2O3. The van der Waals surface area contributed by atoms with Gasteiger partial charge in [-0.25, -0.2) is 0 Å². The molecule has 0 bridgehead atoms. The van der Waals surface area contributed by atoms with Crippen LogP contribution in [0, 0.1) is 0 Å². The van der Waals surface area contributed by atoms with E-state index in [2.05, 4.69) is 5.32 Å². The number of hydrogen-bond donors (Lipinski definition) is 1. The van der Waals surface area contributed by atoms with Crippen molar-refractivity contribution in [2.45, 2.75) is 26.4 Å². The van der Waals surface area contributed by atoms with E-state index in [1.54, 1.807) is 13.0 Å². The highest BCUT2D eigenvalue weighted by Crippen LogP contribution is 2.25. The fraction of sp³-hybridized carbons (Fsp3) is 0.250. The zero-order valence-corrected chi connectivity index (χ0v) is 17.9. The average Bonchev–Trinajstić information content (AvgIpc) is 2.76. The van der Waals surface area contributed by atoms with Crippen LogP contribution in [-0.2, 0) is 16.1 Å². The van der Waals surface area contributed by atoms with Crippen LogP contribution in [0.25, 0.3) is 10.8 Å². The Morgan fingerprint density at radius 3 is 2.50 bits per heavy atom. The number of halogens is 1. The predicted molar refractivity (Wildman–Crippen MR) is 120 cm³/mol. The summed E-state index contributed by atoms with van der Waals surface area (Å²) in [5, 5.41) is 5.29. The summed E-state index contributed by atoms with van der Waals surface area (Å²) in [6, 6.07) is 20.2. The van der Waals surface area contributed by atoms with Crippen LogP contribution in [0.3, 0.4) is 0 Å². The fourth-order valence-electron chi connectivity index (χ4n) is 3.26. The molecule has 0 radical (unpaired) electrons. The van der Waals surface area contributed by atoms with Crippen molar-refractivity contribution in [3.8, 4) is 5.75 Å². The van der Waals surface area contributed by atoms with E-state index >= 15 is 0 Å². The normalized spacial score (nSPS) is 11.7. The molecule has 0 fully saturated rings. The number of carbonyl (C=O) groups is 2. The molecule has 0 aromatic heterocycles. The third kappa shape index (κ3) is 5.10. The van der Waals surface area contributed by atoms with Crippen LogP contribution in [0.15, 0.2) is 66.7 Å². The highest BCUT2D eigenvalue weighted by molar-refractivity contribution is 6.31. The molecule has 0 aliphatic rings. The van der Waals surface area contributed by atoms with E-state index < -0.39 is 6.04 Å². The zero-order chi connectivity index (χ0) is 21.5. The zero-order valence-electron chi connectivity index (χ0n) is 17.1. The third-order valence-corrected chi connectivity index (χ3v) is 5.29. The number of amides is 2. The molecule has 2 amide bonds. The Morgan fingerprint density at radius 2 is 1.73 bits per heavy atom. The molecule has 0 saturated heterocycles. The molecule has 3 rings (SSSR count). The number of hydrogen-bond acceptors (Lipinski definition) is 3. The number of likely N-dealkylation sites (N-methyl/N-ethyl adjacent to an activating group) is 1. The summed E-state index contributed by atoms with van der Waals surface area (Å²) in [6.07, 6.45) is 0. The van der Waals surface area contributed by atoms with Crippen molar-refractivity contribution in [3.63, 3.8) is 0 Å². The molecule has 0 spiro atoms. The smallest absolute Gasteiger partial charge is 0.261 e. The van der Waals surface area contributed by atoms with Crippen LogP contribution >= 0.6 is 11.6 Å². The fourth-order valence-corrected chi connectivity index (χ4v) is 3.45. The molecule has 5 nitrogen and oxygen atoms in total. The van der Waals surface area contributed by atoms with Gasteiger partial charge in [-0.2, -0.15) is 0 Å². The molecule has 0 unspecified atom stereocenters. The number of nitrogens with zero attached hydrogens (tertiary/aromatic N) is 1. The van der Waals surface area contributed by atoms with E-state index in [-0.39, 0.29) is 25.0 Å². The maximum atomic E-state index is 13.1. The highest BCUT2D eigenvalue weighted by Gasteiger charge is 2.26. The second kappa shape index (κ2) is 10.1. The summed E-state index contributed by atoms with van der Waals surface area (Å²) in [6.45, 7) is 4.08. The number of fused-ring (bicyclic) bond motifs is 1. The molecule has 6 heteroatoms. The lowest BCUT2D eigenvalue weighted by Gasteiger charge is -2.29. The van der Waals surface area contributed by atoms with Gasteiger partial charge < -0.3 is 15.0 Å². The molecule has 156 valence electrons. The Kier molecular flexibility index (Phi) is 7.31. The van der Waals surface area contributed by atoms with Crippen molar-refractivity contribution in [1.82, 2.24) is 10.2 Å². The molecule has 30 heavy (non-hydrogen) atoms. The van der Waals surface area contributed by atoms with E-state index in [0.29, 0.717) is 17.3 Å². The Hall–Kier alpha value is -3.05. The molecule has 3 aromatic rings. The second-order valence-corrected chi connectivity index (χ2v) is 7.36. The van der Waals surface area contributed by atoms with Gasteiger partial charge in [0.25, 0.3) is 5.91 Å². The summed E-state index contributed by atoms with van der Waals surface area (Å²) in [4.78, 5) is 27.0. The average molecular weight is 425 g/mol. The van der Waals surface area contributed by atoms with Crippen LogP contribution in [-0.4, -0.2) is 35.9 Å². The van der Waals surface area contributed by atoms with Crippen molar-refractivity contribution in [2.75, 3.05) is 13.2 Å². The van der Waals surface area contributed by atoms with E-state index in [9.17, 15) is 9.59 Å². The first-order chi connectivity index (χ1) is 14.5. The lowest BCUT2D eigenvalue weighted by molar-refractivity contribution is -0.142. The largest absolute Gasteiger partial charge is 0.483 e. The quantitative estimate of drug-likeness (QED) is 0.582. The Balaban J connectivity index is 1.80. The lowest BCUT2D eigenvalue weighted by Crippen LogP contribution is -2.49. The SMILES string of the molecule is CCNC(=O)[C@@H](C)N(Cc1ccccc1Cl)C(=O)COc1cccc2ccccc12. The van der Waals surface area contributed by atoms with Gasteiger partial charge >= 0.3 is 0 Å². The molecular weight excluding hydrogens is 400 g/mol. The molecule has 0 aliphatic carbocycles. The van der Waals surface area contributed by atoms with Gasteiger partial charge in [0.1, 0.15) is 11.8 Å². The van der Waals surface area contributed by atoms with Gasteiger partial charge in [-0.3, -0.25) is 9.59 Å². The number of nitrogens with one attached hydrogen (secondary N) is 1. The van der Waals surface area contributed by atoms with Crippen LogP contribution in [0.2, 0.25) is 5.02 Å². The molecule has 3 aromatic carbocycles. The first-order valence-electron chi connectivity index (χ1n) is 9.92. The molecule has 0 saturated carbocycles. The number of carbonyl (C=O) groups excluding carboxylic acids is 2. The Morgan fingerprint density at radius 1 is 1.03 bits per heavy atom. The summed E-state index contributed by atoms with van der Waals surface area (Å²) >= 11 is 6.29. The van der Waals surface area contributed by atoms with Gasteiger partial charge in [0, 0.05) is 23.5 Å². The Bertz CT molecular complexity index is 1030. The van der Waals surface area contributed by atoms with Gasteiger partial charge in [-0.1, -0.05) is 66.2 Å². The van der Waals surface area contributed by atoms with Crippen molar-refractivity contribution < 1.29 is 14.3 Å². The molecule has 1 N–H and O–H groups in total. The van der Waals surface area contributed by atoms with E-state index in [1.807, 2.05) is 67.6 Å². The summed E-state index contributed by atoms with van der Waals surface area (Å²) in [7, 11) is 0. The second-order valence-electron chi connectivity index (χ2n) is 6.95. The summed E-state index contributed by atoms with van der Waals surface area (Å²) < 4.78 is 5.86. The van der Waals surface area contributed by atoms with E-state index in [1.165, 1.54) is 4.90 Å². The first kappa shape index (κ1) is 21.7. The lowest BCUT2D eigenvalue weighted by atomic mass is 10.1. The van der Waals surface area contributed by atoms with Gasteiger partial charge in [0.15, 0.2) is 6.61 Å². The standard InChI is InChI=1S/C24H25ClN2O3/c1-3-26-24(29)17(2)27(15-19-10-5-7-13-21(19)25)23(28)16-30-22-14-8-11-18-9-4-6-12-20(18)22/h4-14,17H,3,15-16H2,1-2H3,(H,26,29)/t17-/m1/s1. The molecule has 0 heterocycles. The minimum absolute atomic E-state index is 0.178. The van der Waals surface area contributed by atoms with Gasteiger partial charge in [0.05, 0.1) is 0 Å². The van der Waals surface area contributed by atoms with Crippen LogP contribution < -0.4 is 10.1 Å². The number of benzene rings is 3. The third-order valence-electron chi connectivity index (χ3n) is 4.92. The minimum Gasteiger partial charge on any atom is -0.483 e. The molecule has 0 aliphatic heterocycles. The first-order valence-corrected chi connectivity index (χ1v) is 10.3. The summed E-state index contributed by atoms with van der Waals surface area (Å²) in [5.41, 5.74) is 0.772. The summed E-state index contributed by atoms with van der Waals surface area (Å²) in [5.74, 6) is 0.120. The van der Waals surface area contributed by atoms with Crippen molar-refractivity contribution in [1.29, 1.82) is 0 Å². The monoisotopic (exact) mass is 424 g/mol. The Labute approximate surface area is 181 Å². The van der Waals surface area contributed by atoms with Crippen molar-refractivity contribution in [3.05, 3.63) is 77.3 Å². The van der Waals surface area contributed by atoms with E-state index in [4.69, 9.17) is 16.3 Å². The predicted octanol–water partition coefficient (Wildman–Crippen LogP) is 4.43. The van der Waals surface area contributed by atoms with Crippen LogP contribution in [0.5, 0.6) is 5.75 Å². The van der Waals surface area contributed by atoms with Gasteiger partial charge in [0.2, 0.25) is 5.91 Å².